The first-order valence-corrected chi connectivity index (χ1v) is 5.87. The van der Waals surface area contributed by atoms with E-state index < -0.39 is 11.2 Å². The summed E-state index contributed by atoms with van der Waals surface area (Å²) >= 11 is 0. The number of H-pyrrole nitrogens is 1. The zero-order valence-electron chi connectivity index (χ0n) is 10.9. The Labute approximate surface area is 105 Å². The fourth-order valence-corrected chi connectivity index (χ4v) is 1.88. The van der Waals surface area contributed by atoms with Crippen LogP contribution in [0.4, 0.5) is 0 Å². The fraction of sp³-hybridized carbons (Fsp3) is 0.583. The maximum absolute atomic E-state index is 12.1. The predicted octanol–water partition coefficient (Wildman–Crippen LogP) is 0.727. The molecule has 0 fully saturated rings. The van der Waals surface area contributed by atoms with Crippen molar-refractivity contribution in [1.82, 2.24) is 9.55 Å². The van der Waals surface area contributed by atoms with Crippen LogP contribution in [-0.4, -0.2) is 29.1 Å². The number of Topliss-reactive ketones (excluding diaryl/α,β-unsaturated/α-hetero) is 1. The maximum Gasteiger partial charge on any atom is 0.328 e. The van der Waals surface area contributed by atoms with Crippen molar-refractivity contribution in [2.75, 3.05) is 13.7 Å². The van der Waals surface area contributed by atoms with Gasteiger partial charge in [0.25, 0.3) is 5.56 Å². The molecule has 1 N–H and O–H groups in total. The van der Waals surface area contributed by atoms with Crippen molar-refractivity contribution in [3.05, 3.63) is 32.6 Å². The monoisotopic (exact) mass is 254 g/mol. The minimum Gasteiger partial charge on any atom is -0.383 e. The molecule has 0 aromatic carbocycles. The van der Waals surface area contributed by atoms with E-state index in [1.807, 2.05) is 6.92 Å². The van der Waals surface area contributed by atoms with E-state index in [-0.39, 0.29) is 24.0 Å². The van der Waals surface area contributed by atoms with Gasteiger partial charge in [-0.15, -0.1) is 0 Å². The summed E-state index contributed by atoms with van der Waals surface area (Å²) in [5.74, 6) is -0.363. The van der Waals surface area contributed by atoms with Crippen LogP contribution in [0.25, 0.3) is 0 Å². The highest BCUT2D eigenvalue weighted by atomic mass is 16.5. The van der Waals surface area contributed by atoms with E-state index in [0.29, 0.717) is 6.42 Å². The standard InChI is InChI=1S/C12H18N2O4/c1-4-5-9(7-18-3)14-11(16)10(8(2)15)6-13-12(14)17/h6,9H,4-5,7H2,1-3H3,(H,13,17). The summed E-state index contributed by atoms with van der Waals surface area (Å²) in [4.78, 5) is 37.6. The number of rotatable bonds is 6. The van der Waals surface area contributed by atoms with E-state index in [2.05, 4.69) is 4.98 Å². The Balaban J connectivity index is 3.36. The molecule has 0 amide bonds. The van der Waals surface area contributed by atoms with Crippen molar-refractivity contribution in [1.29, 1.82) is 0 Å². The van der Waals surface area contributed by atoms with Crippen LogP contribution in [0.3, 0.4) is 0 Å². The third kappa shape index (κ3) is 2.95. The lowest BCUT2D eigenvalue weighted by atomic mass is 10.1. The number of ether oxygens (including phenoxy) is 1. The molecule has 1 aromatic heterocycles. The van der Waals surface area contributed by atoms with Gasteiger partial charge in [0.15, 0.2) is 5.78 Å². The van der Waals surface area contributed by atoms with Crippen molar-refractivity contribution < 1.29 is 9.53 Å². The van der Waals surface area contributed by atoms with Gasteiger partial charge in [-0.05, 0) is 13.3 Å². The van der Waals surface area contributed by atoms with Crippen molar-refractivity contribution in [3.63, 3.8) is 0 Å². The summed E-state index contributed by atoms with van der Waals surface area (Å²) in [6.07, 6.45) is 2.61. The molecule has 0 aliphatic heterocycles. The summed E-state index contributed by atoms with van der Waals surface area (Å²) in [5.41, 5.74) is -1.07. The first kappa shape index (κ1) is 14.4. The minimum atomic E-state index is -0.554. The molecule has 1 unspecified atom stereocenters. The Morgan fingerprint density at radius 1 is 1.50 bits per heavy atom. The highest BCUT2D eigenvalue weighted by molar-refractivity contribution is 5.93. The highest BCUT2D eigenvalue weighted by Gasteiger charge is 2.18. The number of nitrogens with one attached hydrogen (secondary N) is 1. The van der Waals surface area contributed by atoms with Crippen LogP contribution in [0.5, 0.6) is 0 Å². The van der Waals surface area contributed by atoms with Crippen molar-refractivity contribution in [3.8, 4) is 0 Å². The summed E-state index contributed by atoms with van der Waals surface area (Å²) in [6.45, 7) is 3.51. The molecule has 1 rings (SSSR count). The molecule has 100 valence electrons. The lowest BCUT2D eigenvalue weighted by Gasteiger charge is -2.17. The first-order chi connectivity index (χ1) is 8.52. The molecule has 1 heterocycles. The Morgan fingerprint density at radius 3 is 2.67 bits per heavy atom. The third-order valence-electron chi connectivity index (χ3n) is 2.73. The molecular weight excluding hydrogens is 236 g/mol. The predicted molar refractivity (Wildman–Crippen MR) is 67.1 cm³/mol. The summed E-state index contributed by atoms with van der Waals surface area (Å²) < 4.78 is 6.10. The minimum absolute atomic E-state index is 0.00759. The van der Waals surface area contributed by atoms with E-state index in [0.717, 1.165) is 11.0 Å². The van der Waals surface area contributed by atoms with Gasteiger partial charge in [0, 0.05) is 13.3 Å². The van der Waals surface area contributed by atoms with Crippen molar-refractivity contribution in [2.45, 2.75) is 32.7 Å². The average Bonchev–Trinajstić information content (AvgIpc) is 2.29. The Morgan fingerprint density at radius 2 is 2.17 bits per heavy atom. The molecule has 0 saturated heterocycles. The molecule has 18 heavy (non-hydrogen) atoms. The molecule has 1 atom stereocenters. The van der Waals surface area contributed by atoms with Crippen LogP contribution < -0.4 is 11.2 Å². The van der Waals surface area contributed by atoms with Crippen LogP contribution in [0.1, 0.15) is 43.1 Å². The second-order valence-electron chi connectivity index (χ2n) is 4.14. The van der Waals surface area contributed by atoms with E-state index >= 15 is 0 Å². The number of aromatic amines is 1. The maximum atomic E-state index is 12.1. The zero-order chi connectivity index (χ0) is 13.7. The lowest BCUT2D eigenvalue weighted by molar-refractivity contribution is 0.101. The lowest BCUT2D eigenvalue weighted by Crippen LogP contribution is -2.41. The Bertz CT molecular complexity index is 524. The van der Waals surface area contributed by atoms with E-state index in [9.17, 15) is 14.4 Å². The first-order valence-electron chi connectivity index (χ1n) is 5.87. The van der Waals surface area contributed by atoms with Gasteiger partial charge in [0.1, 0.15) is 0 Å². The normalized spacial score (nSPS) is 12.4. The summed E-state index contributed by atoms with van der Waals surface area (Å²) in [5, 5.41) is 0. The smallest absolute Gasteiger partial charge is 0.328 e. The summed E-state index contributed by atoms with van der Waals surface area (Å²) in [7, 11) is 1.51. The van der Waals surface area contributed by atoms with Crippen LogP contribution in [0.15, 0.2) is 15.8 Å². The van der Waals surface area contributed by atoms with Gasteiger partial charge in [-0.3, -0.25) is 14.2 Å². The number of carbonyl (C=O) groups is 1. The molecular formula is C12H18N2O4. The largest absolute Gasteiger partial charge is 0.383 e. The van der Waals surface area contributed by atoms with Gasteiger partial charge in [-0.25, -0.2) is 4.79 Å². The number of aromatic nitrogens is 2. The Kier molecular flexibility index (Phi) is 5.03. The SMILES string of the molecule is CCCC(COC)n1c(=O)[nH]cc(C(C)=O)c1=O. The molecule has 0 spiro atoms. The van der Waals surface area contributed by atoms with Crippen LogP contribution in [0.2, 0.25) is 0 Å². The Hall–Kier alpha value is -1.69. The molecule has 0 aliphatic carbocycles. The average molecular weight is 254 g/mol. The fourth-order valence-electron chi connectivity index (χ4n) is 1.88. The number of hydrogen-bond acceptors (Lipinski definition) is 4. The number of methoxy groups -OCH3 is 1. The van der Waals surface area contributed by atoms with Gasteiger partial charge < -0.3 is 9.72 Å². The summed E-state index contributed by atoms with van der Waals surface area (Å²) in [6, 6.07) is -0.351. The van der Waals surface area contributed by atoms with E-state index in [1.54, 1.807) is 0 Å². The quantitative estimate of drug-likeness (QED) is 0.759. The van der Waals surface area contributed by atoms with Gasteiger partial charge >= 0.3 is 5.69 Å². The van der Waals surface area contributed by atoms with E-state index in [4.69, 9.17) is 4.74 Å². The molecule has 6 heteroatoms. The number of carbonyl (C=O) groups excluding carboxylic acids is 1. The second-order valence-corrected chi connectivity index (χ2v) is 4.14. The molecule has 6 nitrogen and oxygen atoms in total. The topological polar surface area (TPSA) is 81.2 Å². The van der Waals surface area contributed by atoms with Crippen LogP contribution in [0, 0.1) is 0 Å². The van der Waals surface area contributed by atoms with Gasteiger partial charge in [-0.1, -0.05) is 13.3 Å². The molecule has 0 aliphatic rings. The molecule has 0 radical (unpaired) electrons. The van der Waals surface area contributed by atoms with Crippen LogP contribution in [-0.2, 0) is 4.74 Å². The van der Waals surface area contributed by atoms with E-state index in [1.165, 1.54) is 20.2 Å². The van der Waals surface area contributed by atoms with Crippen molar-refractivity contribution >= 4 is 5.78 Å². The highest BCUT2D eigenvalue weighted by Crippen LogP contribution is 2.09. The number of nitrogens with zero attached hydrogens (tertiary/aromatic N) is 1. The van der Waals surface area contributed by atoms with Gasteiger partial charge in [0.2, 0.25) is 0 Å². The van der Waals surface area contributed by atoms with Crippen LogP contribution >= 0.6 is 0 Å². The van der Waals surface area contributed by atoms with Gasteiger partial charge in [-0.2, -0.15) is 0 Å². The zero-order valence-corrected chi connectivity index (χ0v) is 10.9. The van der Waals surface area contributed by atoms with Gasteiger partial charge in [0.05, 0.1) is 18.2 Å². The molecule has 1 aromatic rings. The number of hydrogen-bond donors (Lipinski definition) is 1. The second kappa shape index (κ2) is 6.30. The number of ketones is 1. The third-order valence-corrected chi connectivity index (χ3v) is 2.73. The van der Waals surface area contributed by atoms with Crippen molar-refractivity contribution in [2.24, 2.45) is 0 Å². The molecule has 0 saturated carbocycles. The molecule has 0 bridgehead atoms.